The number of nitrogens with one attached hydrogen (secondary N) is 1. The van der Waals surface area contributed by atoms with E-state index in [1.165, 1.54) is 10.5 Å². The van der Waals surface area contributed by atoms with Crippen LogP contribution >= 0.6 is 35.0 Å². The second-order valence-electron chi connectivity index (χ2n) is 6.37. The van der Waals surface area contributed by atoms with E-state index in [-0.39, 0.29) is 11.1 Å². The summed E-state index contributed by atoms with van der Waals surface area (Å²) in [5, 5.41) is 3.83. The Kier molecular flexibility index (Phi) is 5.76. The monoisotopic (exact) mass is 429 g/mol. The van der Waals surface area contributed by atoms with Crippen LogP contribution in [-0.2, 0) is 6.54 Å². The minimum absolute atomic E-state index is 0.209. The van der Waals surface area contributed by atoms with E-state index in [9.17, 15) is 4.79 Å². The van der Waals surface area contributed by atoms with Crippen LogP contribution in [0.3, 0.4) is 0 Å². The van der Waals surface area contributed by atoms with E-state index in [2.05, 4.69) is 15.2 Å². The van der Waals surface area contributed by atoms with Crippen LogP contribution in [0.15, 0.2) is 65.7 Å². The number of benzene rings is 2. The zero-order valence-electron chi connectivity index (χ0n) is 14.9. The van der Waals surface area contributed by atoms with E-state index in [0.29, 0.717) is 11.3 Å². The minimum Gasteiger partial charge on any atom is -0.365 e. The molecule has 1 N–H and O–H groups in total. The number of carbonyl (C=O) groups excluding carboxylic acids is 1. The van der Waals surface area contributed by atoms with Crippen LogP contribution in [0.1, 0.15) is 15.9 Å². The van der Waals surface area contributed by atoms with Gasteiger partial charge in [-0.15, -0.1) is 11.8 Å². The molecule has 0 fully saturated rings. The van der Waals surface area contributed by atoms with E-state index in [0.717, 1.165) is 29.6 Å². The van der Waals surface area contributed by atoms with Gasteiger partial charge in [0.05, 0.1) is 11.4 Å². The fraction of sp³-hybridized carbons (Fsp3) is 0.143. The number of hydrogen-bond donors (Lipinski definition) is 1. The van der Waals surface area contributed by atoms with Gasteiger partial charge < -0.3 is 10.2 Å². The van der Waals surface area contributed by atoms with Gasteiger partial charge in [-0.05, 0) is 48.0 Å². The first kappa shape index (κ1) is 19.1. The standard InChI is InChI=1S/C21H17Cl2N3OS/c22-16-6-3-14(4-7-16)13-26-10-11-28-19-8-5-15(12-18(19)26)21(27)25-17-2-1-9-24-20(17)23/h1-9,12H,10-11,13H2,(H,25,27). The molecule has 3 aromatic rings. The maximum Gasteiger partial charge on any atom is 0.255 e. The summed E-state index contributed by atoms with van der Waals surface area (Å²) in [6.45, 7) is 1.68. The average molecular weight is 430 g/mol. The number of nitrogens with zero attached hydrogens (tertiary/aromatic N) is 2. The van der Waals surface area contributed by atoms with Crippen LogP contribution in [-0.4, -0.2) is 23.2 Å². The van der Waals surface area contributed by atoms with Crippen LogP contribution in [0.4, 0.5) is 11.4 Å². The maximum atomic E-state index is 12.7. The van der Waals surface area contributed by atoms with E-state index < -0.39 is 0 Å². The molecular weight excluding hydrogens is 413 g/mol. The number of amides is 1. The molecule has 0 saturated heterocycles. The third-order valence-corrected chi connectivity index (χ3v) is 6.07. The zero-order chi connectivity index (χ0) is 19.5. The van der Waals surface area contributed by atoms with Gasteiger partial charge in [-0.25, -0.2) is 4.98 Å². The molecule has 0 unspecified atom stereocenters. The smallest absolute Gasteiger partial charge is 0.255 e. The molecule has 0 spiro atoms. The SMILES string of the molecule is O=C(Nc1cccnc1Cl)c1ccc2c(c1)N(Cc1ccc(Cl)cc1)CCS2. The molecule has 2 aromatic carbocycles. The molecule has 1 aliphatic rings. The summed E-state index contributed by atoms with van der Waals surface area (Å²) in [6, 6.07) is 17.1. The average Bonchev–Trinajstić information content (AvgIpc) is 2.71. The lowest BCUT2D eigenvalue weighted by Gasteiger charge is -2.31. The van der Waals surface area contributed by atoms with Gasteiger partial charge in [0.15, 0.2) is 5.15 Å². The van der Waals surface area contributed by atoms with Gasteiger partial charge >= 0.3 is 0 Å². The summed E-state index contributed by atoms with van der Waals surface area (Å²) < 4.78 is 0. The first-order valence-electron chi connectivity index (χ1n) is 8.78. The Balaban J connectivity index is 1.57. The summed E-state index contributed by atoms with van der Waals surface area (Å²) in [6.07, 6.45) is 1.59. The highest BCUT2D eigenvalue weighted by molar-refractivity contribution is 7.99. The Bertz CT molecular complexity index is 1010. The topological polar surface area (TPSA) is 45.2 Å². The third-order valence-electron chi connectivity index (χ3n) is 4.47. The molecule has 0 saturated carbocycles. The summed E-state index contributed by atoms with van der Waals surface area (Å²) >= 11 is 13.8. The number of pyridine rings is 1. The quantitative estimate of drug-likeness (QED) is 0.535. The molecule has 1 amide bonds. The van der Waals surface area contributed by atoms with Crippen molar-refractivity contribution in [2.24, 2.45) is 0 Å². The molecule has 4 nitrogen and oxygen atoms in total. The number of thioether (sulfide) groups is 1. The lowest BCUT2D eigenvalue weighted by molar-refractivity contribution is 0.102. The molecule has 0 atom stereocenters. The Hall–Kier alpha value is -2.21. The Morgan fingerprint density at radius 3 is 2.75 bits per heavy atom. The van der Waals surface area contributed by atoms with Crippen molar-refractivity contribution < 1.29 is 4.79 Å². The molecule has 0 radical (unpaired) electrons. The molecular formula is C21H17Cl2N3OS. The fourth-order valence-electron chi connectivity index (χ4n) is 3.06. The van der Waals surface area contributed by atoms with Gasteiger partial charge in [0.25, 0.3) is 5.91 Å². The normalized spacial score (nSPS) is 13.1. The molecule has 142 valence electrons. The number of rotatable bonds is 4. The molecule has 0 aliphatic carbocycles. The van der Waals surface area contributed by atoms with Crippen molar-refractivity contribution in [2.75, 3.05) is 22.5 Å². The number of hydrogen-bond acceptors (Lipinski definition) is 4. The predicted molar refractivity (Wildman–Crippen MR) is 117 cm³/mol. The van der Waals surface area contributed by atoms with Crippen molar-refractivity contribution in [3.63, 3.8) is 0 Å². The lowest BCUT2D eigenvalue weighted by atomic mass is 10.1. The highest BCUT2D eigenvalue weighted by Crippen LogP contribution is 2.36. The summed E-state index contributed by atoms with van der Waals surface area (Å²) in [5.41, 5.74) is 3.33. The van der Waals surface area contributed by atoms with Gasteiger partial charge in [-0.3, -0.25) is 4.79 Å². The summed E-state index contributed by atoms with van der Waals surface area (Å²) in [5.74, 6) is 0.803. The van der Waals surface area contributed by atoms with E-state index >= 15 is 0 Å². The van der Waals surface area contributed by atoms with Crippen molar-refractivity contribution in [1.82, 2.24) is 4.98 Å². The Labute approximate surface area is 177 Å². The van der Waals surface area contributed by atoms with Crippen LogP contribution in [0.5, 0.6) is 0 Å². The van der Waals surface area contributed by atoms with Crippen LogP contribution < -0.4 is 10.2 Å². The molecule has 7 heteroatoms. The molecule has 2 heterocycles. The zero-order valence-corrected chi connectivity index (χ0v) is 17.2. The van der Waals surface area contributed by atoms with Crippen molar-refractivity contribution in [3.8, 4) is 0 Å². The van der Waals surface area contributed by atoms with Gasteiger partial charge in [0, 0.05) is 40.5 Å². The highest BCUT2D eigenvalue weighted by atomic mass is 35.5. The van der Waals surface area contributed by atoms with Crippen molar-refractivity contribution in [2.45, 2.75) is 11.4 Å². The first-order valence-corrected chi connectivity index (χ1v) is 10.5. The van der Waals surface area contributed by atoms with Crippen LogP contribution in [0.2, 0.25) is 10.2 Å². The molecule has 1 aromatic heterocycles. The van der Waals surface area contributed by atoms with Gasteiger partial charge in [-0.1, -0.05) is 35.3 Å². The van der Waals surface area contributed by atoms with E-state index in [4.69, 9.17) is 23.2 Å². The van der Waals surface area contributed by atoms with Crippen LogP contribution in [0, 0.1) is 0 Å². The maximum absolute atomic E-state index is 12.7. The predicted octanol–water partition coefficient (Wildman–Crippen LogP) is 5.75. The second-order valence-corrected chi connectivity index (χ2v) is 8.31. The number of anilines is 2. The molecule has 28 heavy (non-hydrogen) atoms. The van der Waals surface area contributed by atoms with Gasteiger partial charge in [-0.2, -0.15) is 0 Å². The summed E-state index contributed by atoms with van der Waals surface area (Å²) in [7, 11) is 0. The number of halogens is 2. The Morgan fingerprint density at radius 2 is 1.96 bits per heavy atom. The lowest BCUT2D eigenvalue weighted by Crippen LogP contribution is -2.29. The first-order chi connectivity index (χ1) is 13.6. The largest absolute Gasteiger partial charge is 0.365 e. The molecule has 1 aliphatic heterocycles. The van der Waals surface area contributed by atoms with Gasteiger partial charge in [0.2, 0.25) is 0 Å². The van der Waals surface area contributed by atoms with Crippen molar-refractivity contribution in [1.29, 1.82) is 0 Å². The van der Waals surface area contributed by atoms with Crippen molar-refractivity contribution >= 4 is 52.2 Å². The van der Waals surface area contributed by atoms with E-state index in [1.807, 2.05) is 42.5 Å². The summed E-state index contributed by atoms with van der Waals surface area (Å²) in [4.78, 5) is 20.2. The fourth-order valence-corrected chi connectivity index (χ4v) is 4.39. The van der Waals surface area contributed by atoms with Gasteiger partial charge in [0.1, 0.15) is 0 Å². The number of aromatic nitrogens is 1. The highest BCUT2D eigenvalue weighted by Gasteiger charge is 2.20. The van der Waals surface area contributed by atoms with Crippen LogP contribution in [0.25, 0.3) is 0 Å². The number of fused-ring (bicyclic) bond motifs is 1. The number of carbonyl (C=O) groups is 1. The molecule has 4 rings (SSSR count). The Morgan fingerprint density at radius 1 is 1.14 bits per heavy atom. The minimum atomic E-state index is -0.209. The third kappa shape index (κ3) is 4.27. The molecule has 0 bridgehead atoms. The second kappa shape index (κ2) is 8.43. The van der Waals surface area contributed by atoms with Crippen molar-refractivity contribution in [3.05, 3.63) is 82.1 Å². The van der Waals surface area contributed by atoms with E-state index in [1.54, 1.807) is 30.1 Å².